The van der Waals surface area contributed by atoms with Crippen molar-refractivity contribution in [3.63, 3.8) is 0 Å². The Bertz CT molecular complexity index is 682. The van der Waals surface area contributed by atoms with Crippen LogP contribution < -0.4 is 22.5 Å². The summed E-state index contributed by atoms with van der Waals surface area (Å²) in [5.74, 6) is -0.595. The van der Waals surface area contributed by atoms with Gasteiger partial charge in [0.1, 0.15) is 6.04 Å². The molecule has 0 spiro atoms. The zero-order chi connectivity index (χ0) is 20.7. The van der Waals surface area contributed by atoms with Crippen LogP contribution in [0.1, 0.15) is 53.3 Å². The molecule has 1 aliphatic rings. The first kappa shape index (κ1) is 22.0. The lowest BCUT2D eigenvalue weighted by Gasteiger charge is -2.36. The number of Topliss-reactive ketones (excluding diaryl/α,β-unsaturated/α-hetero) is 1. The molecule has 154 valence electrons. The second-order valence-electron chi connectivity index (χ2n) is 7.44. The van der Waals surface area contributed by atoms with E-state index in [-0.39, 0.29) is 29.7 Å². The van der Waals surface area contributed by atoms with Crippen molar-refractivity contribution in [2.24, 2.45) is 17.2 Å². The second kappa shape index (κ2) is 10.3. The Morgan fingerprint density at radius 2 is 1.64 bits per heavy atom. The van der Waals surface area contributed by atoms with E-state index in [4.69, 9.17) is 17.2 Å². The third-order valence-corrected chi connectivity index (χ3v) is 4.93. The van der Waals surface area contributed by atoms with E-state index in [9.17, 15) is 14.4 Å². The third kappa shape index (κ3) is 6.12. The minimum atomic E-state index is -0.663. The van der Waals surface area contributed by atoms with Gasteiger partial charge in [-0.3, -0.25) is 14.4 Å². The van der Waals surface area contributed by atoms with Gasteiger partial charge in [-0.25, -0.2) is 0 Å². The minimum Gasteiger partial charge on any atom is -0.340 e. The molecule has 28 heavy (non-hydrogen) atoms. The number of hydrogen-bond acceptors (Lipinski definition) is 6. The summed E-state index contributed by atoms with van der Waals surface area (Å²) in [5, 5.41) is 2.83. The summed E-state index contributed by atoms with van der Waals surface area (Å²) in [6, 6.07) is 5.39. The number of likely N-dealkylation sites (tertiary alicyclic amines) is 1. The molecule has 1 heterocycles. The molecule has 7 N–H and O–H groups in total. The number of unbranched alkanes of at least 4 members (excludes halogenated alkanes) is 1. The lowest BCUT2D eigenvalue weighted by atomic mass is 10.00. The van der Waals surface area contributed by atoms with Gasteiger partial charge in [-0.2, -0.15) is 0 Å². The maximum atomic E-state index is 13.0. The average Bonchev–Trinajstić information content (AvgIpc) is 2.66. The number of benzene rings is 1. The number of hydrogen-bond donors (Lipinski definition) is 4. The topological polar surface area (TPSA) is 145 Å². The molecule has 1 aromatic rings. The van der Waals surface area contributed by atoms with Crippen LogP contribution in [0.15, 0.2) is 24.3 Å². The molecule has 1 aromatic carbocycles. The highest BCUT2D eigenvalue weighted by molar-refractivity contribution is 5.99. The number of ketones is 1. The standard InChI is InChI=1S/C20H31N5O3/c1-13(26)14-5-7-15(8-6-14)19(27)24-18(4-2-3-9-21)20(28)25-11-16(22)10-17(23)12-25/h5-8,16-18H,2-4,9-12,21-23H2,1H3,(H,24,27)/t16-,17+,18-/m0/s1. The molecule has 1 saturated heterocycles. The van der Waals surface area contributed by atoms with Crippen molar-refractivity contribution < 1.29 is 14.4 Å². The van der Waals surface area contributed by atoms with Gasteiger partial charge < -0.3 is 27.4 Å². The van der Waals surface area contributed by atoms with Gasteiger partial charge in [0.15, 0.2) is 5.78 Å². The molecule has 8 heteroatoms. The minimum absolute atomic E-state index is 0.0698. The van der Waals surface area contributed by atoms with Crippen LogP contribution in [0.2, 0.25) is 0 Å². The molecule has 1 fully saturated rings. The van der Waals surface area contributed by atoms with Crippen molar-refractivity contribution in [2.45, 2.75) is 50.7 Å². The SMILES string of the molecule is CC(=O)c1ccc(C(=O)N[C@@H](CCCCN)C(=O)N2C[C@H](N)C[C@H](N)C2)cc1. The van der Waals surface area contributed by atoms with Gasteiger partial charge >= 0.3 is 0 Å². The first-order valence-corrected chi connectivity index (χ1v) is 9.73. The van der Waals surface area contributed by atoms with E-state index in [1.54, 1.807) is 29.2 Å². The van der Waals surface area contributed by atoms with E-state index in [1.165, 1.54) is 6.92 Å². The van der Waals surface area contributed by atoms with Crippen LogP contribution in [-0.2, 0) is 4.79 Å². The van der Waals surface area contributed by atoms with Gasteiger partial charge in [-0.1, -0.05) is 12.1 Å². The molecule has 0 bridgehead atoms. The normalized spacial score (nSPS) is 20.5. The van der Waals surface area contributed by atoms with E-state index in [2.05, 4.69) is 5.32 Å². The van der Waals surface area contributed by atoms with E-state index in [0.717, 1.165) is 12.8 Å². The Labute approximate surface area is 165 Å². The van der Waals surface area contributed by atoms with Gasteiger partial charge in [0.2, 0.25) is 5.91 Å². The Kier molecular flexibility index (Phi) is 8.10. The van der Waals surface area contributed by atoms with Crippen molar-refractivity contribution in [3.05, 3.63) is 35.4 Å². The first-order chi connectivity index (χ1) is 13.3. The molecule has 0 aromatic heterocycles. The van der Waals surface area contributed by atoms with Gasteiger partial charge in [-0.15, -0.1) is 0 Å². The van der Waals surface area contributed by atoms with Crippen LogP contribution in [0.25, 0.3) is 0 Å². The number of carbonyl (C=O) groups excluding carboxylic acids is 3. The van der Waals surface area contributed by atoms with Gasteiger partial charge in [0.25, 0.3) is 5.91 Å². The van der Waals surface area contributed by atoms with Crippen molar-refractivity contribution in [2.75, 3.05) is 19.6 Å². The average molecular weight is 390 g/mol. The summed E-state index contributed by atoms with van der Waals surface area (Å²) >= 11 is 0. The molecule has 8 nitrogen and oxygen atoms in total. The molecule has 2 amide bonds. The third-order valence-electron chi connectivity index (χ3n) is 4.93. The smallest absolute Gasteiger partial charge is 0.251 e. The zero-order valence-corrected chi connectivity index (χ0v) is 16.4. The lowest BCUT2D eigenvalue weighted by molar-refractivity contribution is -0.135. The number of nitrogens with two attached hydrogens (primary N) is 3. The summed E-state index contributed by atoms with van der Waals surface area (Å²) in [6.45, 7) is 2.86. The number of piperidine rings is 1. The highest BCUT2D eigenvalue weighted by Gasteiger charge is 2.31. The number of rotatable bonds is 8. The molecule has 3 atom stereocenters. The molecule has 0 unspecified atom stereocenters. The van der Waals surface area contributed by atoms with Crippen molar-refractivity contribution >= 4 is 17.6 Å². The summed E-state index contributed by atoms with van der Waals surface area (Å²) in [6.07, 6.45) is 2.67. The fourth-order valence-electron chi connectivity index (χ4n) is 3.43. The lowest BCUT2D eigenvalue weighted by Crippen LogP contribution is -2.58. The van der Waals surface area contributed by atoms with Crippen LogP contribution in [-0.4, -0.2) is 60.3 Å². The molecule has 0 radical (unpaired) electrons. The zero-order valence-electron chi connectivity index (χ0n) is 16.4. The van der Waals surface area contributed by atoms with E-state index < -0.39 is 6.04 Å². The molecule has 1 aliphatic heterocycles. The summed E-state index contributed by atoms with van der Waals surface area (Å²) in [4.78, 5) is 38.7. The summed E-state index contributed by atoms with van der Waals surface area (Å²) in [7, 11) is 0. The fraction of sp³-hybridized carbons (Fsp3) is 0.550. The maximum absolute atomic E-state index is 13.0. The van der Waals surface area contributed by atoms with Crippen LogP contribution in [0.4, 0.5) is 0 Å². The maximum Gasteiger partial charge on any atom is 0.251 e. The monoisotopic (exact) mass is 389 g/mol. The number of amides is 2. The molecule has 2 rings (SSSR count). The number of nitrogens with one attached hydrogen (secondary N) is 1. The van der Waals surface area contributed by atoms with Crippen LogP contribution >= 0.6 is 0 Å². The molecule has 0 aliphatic carbocycles. The predicted molar refractivity (Wildman–Crippen MR) is 108 cm³/mol. The van der Waals surface area contributed by atoms with Crippen molar-refractivity contribution in [1.82, 2.24) is 10.2 Å². The van der Waals surface area contributed by atoms with E-state index in [0.29, 0.717) is 43.6 Å². The van der Waals surface area contributed by atoms with Crippen LogP contribution in [0.5, 0.6) is 0 Å². The number of carbonyl (C=O) groups is 3. The van der Waals surface area contributed by atoms with Crippen molar-refractivity contribution in [1.29, 1.82) is 0 Å². The van der Waals surface area contributed by atoms with E-state index >= 15 is 0 Å². The summed E-state index contributed by atoms with van der Waals surface area (Å²) in [5.41, 5.74) is 18.5. The quantitative estimate of drug-likeness (QED) is 0.364. The predicted octanol–water partition coefficient (Wildman–Crippen LogP) is 0.00350. The molecular weight excluding hydrogens is 358 g/mol. The molecular formula is C20H31N5O3. The Morgan fingerprint density at radius 3 is 2.18 bits per heavy atom. The van der Waals surface area contributed by atoms with Crippen molar-refractivity contribution in [3.8, 4) is 0 Å². The Morgan fingerprint density at radius 1 is 1.07 bits per heavy atom. The van der Waals surface area contributed by atoms with E-state index in [1.807, 2.05) is 0 Å². The Balaban J connectivity index is 2.09. The highest BCUT2D eigenvalue weighted by Crippen LogP contribution is 2.13. The van der Waals surface area contributed by atoms with Gasteiger partial charge in [0.05, 0.1) is 0 Å². The Hall–Kier alpha value is -2.29. The summed E-state index contributed by atoms with van der Waals surface area (Å²) < 4.78 is 0. The highest BCUT2D eigenvalue weighted by atomic mass is 16.2. The van der Waals surface area contributed by atoms with Gasteiger partial charge in [-0.05, 0) is 51.3 Å². The molecule has 0 saturated carbocycles. The van der Waals surface area contributed by atoms with Crippen LogP contribution in [0.3, 0.4) is 0 Å². The van der Waals surface area contributed by atoms with Crippen LogP contribution in [0, 0.1) is 0 Å². The fourth-order valence-corrected chi connectivity index (χ4v) is 3.43. The second-order valence-corrected chi connectivity index (χ2v) is 7.44. The number of nitrogens with zero attached hydrogens (tertiary/aromatic N) is 1. The van der Waals surface area contributed by atoms with Gasteiger partial charge in [0, 0.05) is 36.3 Å². The first-order valence-electron chi connectivity index (χ1n) is 9.73. The largest absolute Gasteiger partial charge is 0.340 e.